The fourth-order valence-electron chi connectivity index (χ4n) is 1.61. The van der Waals surface area contributed by atoms with E-state index < -0.39 is 17.5 Å². The number of rotatable bonds is 2. The van der Waals surface area contributed by atoms with Gasteiger partial charge >= 0.3 is 6.09 Å². The Kier molecular flexibility index (Phi) is 3.18. The summed E-state index contributed by atoms with van der Waals surface area (Å²) in [6, 6.07) is 9.49. The van der Waals surface area contributed by atoms with E-state index in [1.54, 1.807) is 37.3 Å². The quantitative estimate of drug-likeness (QED) is 0.870. The zero-order valence-corrected chi connectivity index (χ0v) is 9.74. The van der Waals surface area contributed by atoms with Gasteiger partial charge < -0.3 is 9.84 Å². The van der Waals surface area contributed by atoms with Crippen molar-refractivity contribution in [1.29, 1.82) is 0 Å². The molecule has 1 aromatic carbocycles. The van der Waals surface area contributed by atoms with Crippen LogP contribution < -0.4 is 5.56 Å². The monoisotopic (exact) mass is 248 g/mol. The highest BCUT2D eigenvalue weighted by Crippen LogP contribution is 2.12. The molecule has 0 aliphatic rings. The van der Waals surface area contributed by atoms with Crippen LogP contribution in [-0.4, -0.2) is 27.2 Å². The first-order valence-corrected chi connectivity index (χ1v) is 5.41. The fourth-order valence-corrected chi connectivity index (χ4v) is 1.61. The lowest BCUT2D eigenvalue weighted by Crippen LogP contribution is -2.26. The van der Waals surface area contributed by atoms with Gasteiger partial charge in [0.05, 0.1) is 18.4 Å². The number of carbonyl (C=O) groups excluding carboxylic acids is 1. The predicted octanol–water partition coefficient (Wildman–Crippen LogP) is 1.35. The zero-order chi connectivity index (χ0) is 13.1. The smallest absolute Gasteiger partial charge is 0.436 e. The largest absolute Gasteiger partial charge is 0.493 e. The number of ether oxygens (including phenoxy) is 1. The maximum absolute atomic E-state index is 11.7. The normalized spacial score (nSPS) is 10.3. The molecule has 0 aliphatic carbocycles. The molecular weight excluding hydrogens is 236 g/mol. The summed E-state index contributed by atoms with van der Waals surface area (Å²) in [6.07, 6.45) is -0.805. The first kappa shape index (κ1) is 12.0. The van der Waals surface area contributed by atoms with Crippen molar-refractivity contribution in [3.05, 3.63) is 46.8 Å². The molecule has 1 N–H and O–H groups in total. The van der Waals surface area contributed by atoms with Gasteiger partial charge in [0.2, 0.25) is 5.88 Å². The van der Waals surface area contributed by atoms with Crippen LogP contribution >= 0.6 is 0 Å². The van der Waals surface area contributed by atoms with E-state index in [0.29, 0.717) is 5.69 Å². The Morgan fingerprint density at radius 3 is 2.61 bits per heavy atom. The van der Waals surface area contributed by atoms with Gasteiger partial charge in [-0.05, 0) is 19.1 Å². The predicted molar refractivity (Wildman–Crippen MR) is 64.1 cm³/mol. The zero-order valence-electron chi connectivity index (χ0n) is 9.74. The molecule has 0 spiro atoms. The maximum Gasteiger partial charge on any atom is 0.436 e. The molecule has 6 heteroatoms. The molecule has 0 bridgehead atoms. The van der Waals surface area contributed by atoms with E-state index in [-0.39, 0.29) is 6.61 Å². The van der Waals surface area contributed by atoms with Crippen LogP contribution in [0.1, 0.15) is 6.92 Å². The number of aromatic hydroxyl groups is 1. The highest BCUT2D eigenvalue weighted by Gasteiger charge is 2.18. The van der Waals surface area contributed by atoms with Gasteiger partial charge in [-0.1, -0.05) is 18.2 Å². The lowest BCUT2D eigenvalue weighted by Gasteiger charge is -2.10. The van der Waals surface area contributed by atoms with Crippen molar-refractivity contribution in [3.63, 3.8) is 0 Å². The Labute approximate surface area is 103 Å². The van der Waals surface area contributed by atoms with Crippen molar-refractivity contribution >= 4 is 6.09 Å². The standard InChI is InChI=1S/C12H12N2O4/c1-2-18-12(17)14-11(16)8-10(15)13(14)9-6-4-3-5-7-9/h3-8,16H,2H2,1H3. The molecule has 0 radical (unpaired) electrons. The number of benzene rings is 1. The van der Waals surface area contributed by atoms with E-state index in [9.17, 15) is 14.7 Å². The lowest BCUT2D eigenvalue weighted by atomic mass is 10.3. The summed E-state index contributed by atoms with van der Waals surface area (Å²) in [7, 11) is 0. The Hall–Kier alpha value is -2.50. The van der Waals surface area contributed by atoms with Crippen molar-refractivity contribution in [3.8, 4) is 11.6 Å². The SMILES string of the molecule is CCOC(=O)n1c(O)cc(=O)n1-c1ccccc1. The average molecular weight is 248 g/mol. The Morgan fingerprint density at radius 1 is 1.33 bits per heavy atom. The van der Waals surface area contributed by atoms with Gasteiger partial charge in [-0.3, -0.25) is 4.79 Å². The third kappa shape index (κ3) is 2.00. The molecule has 2 rings (SSSR count). The first-order chi connectivity index (χ1) is 8.65. The fraction of sp³-hybridized carbons (Fsp3) is 0.167. The van der Waals surface area contributed by atoms with Gasteiger partial charge in [0.1, 0.15) is 0 Å². The molecule has 0 fully saturated rings. The van der Waals surface area contributed by atoms with Crippen LogP contribution in [0.25, 0.3) is 5.69 Å². The second-order valence-electron chi connectivity index (χ2n) is 3.50. The van der Waals surface area contributed by atoms with Crippen LogP contribution in [0.15, 0.2) is 41.2 Å². The van der Waals surface area contributed by atoms with Crippen molar-refractivity contribution in [2.75, 3.05) is 6.61 Å². The molecular formula is C12H12N2O4. The van der Waals surface area contributed by atoms with Gasteiger partial charge in [0.25, 0.3) is 5.56 Å². The number of para-hydroxylation sites is 1. The first-order valence-electron chi connectivity index (χ1n) is 5.41. The van der Waals surface area contributed by atoms with Gasteiger partial charge in [0.15, 0.2) is 0 Å². The molecule has 18 heavy (non-hydrogen) atoms. The number of nitrogens with zero attached hydrogens (tertiary/aromatic N) is 2. The summed E-state index contributed by atoms with van der Waals surface area (Å²) < 4.78 is 6.63. The summed E-state index contributed by atoms with van der Waals surface area (Å²) in [4.78, 5) is 23.4. The van der Waals surface area contributed by atoms with E-state index in [0.717, 1.165) is 15.4 Å². The van der Waals surface area contributed by atoms with Crippen LogP contribution in [0.3, 0.4) is 0 Å². The van der Waals surface area contributed by atoms with Gasteiger partial charge in [-0.15, -0.1) is 4.68 Å². The minimum atomic E-state index is -0.805. The molecule has 0 saturated heterocycles. The van der Waals surface area contributed by atoms with Crippen molar-refractivity contribution in [2.24, 2.45) is 0 Å². The topological polar surface area (TPSA) is 73.5 Å². The molecule has 6 nitrogen and oxygen atoms in total. The molecule has 0 aliphatic heterocycles. The van der Waals surface area contributed by atoms with Crippen molar-refractivity contribution in [1.82, 2.24) is 9.36 Å². The third-order valence-electron chi connectivity index (χ3n) is 2.32. The molecule has 0 unspecified atom stereocenters. The van der Waals surface area contributed by atoms with Crippen LogP contribution in [0.4, 0.5) is 4.79 Å². The minimum absolute atomic E-state index is 0.152. The van der Waals surface area contributed by atoms with Crippen molar-refractivity contribution in [2.45, 2.75) is 6.92 Å². The molecule has 2 aromatic rings. The van der Waals surface area contributed by atoms with Crippen LogP contribution in [-0.2, 0) is 4.74 Å². The summed E-state index contributed by atoms with van der Waals surface area (Å²) in [6.45, 7) is 1.79. The molecule has 0 amide bonds. The number of carbonyl (C=O) groups is 1. The van der Waals surface area contributed by atoms with E-state index in [2.05, 4.69) is 0 Å². The third-order valence-corrected chi connectivity index (χ3v) is 2.32. The van der Waals surface area contributed by atoms with Gasteiger partial charge in [-0.25, -0.2) is 9.48 Å². The van der Waals surface area contributed by atoms with E-state index in [1.165, 1.54) is 0 Å². The van der Waals surface area contributed by atoms with E-state index in [1.807, 2.05) is 0 Å². The summed E-state index contributed by atoms with van der Waals surface area (Å²) in [5.74, 6) is -0.456. The molecule has 0 saturated carbocycles. The number of hydrogen-bond donors (Lipinski definition) is 1. The highest BCUT2D eigenvalue weighted by atomic mass is 16.6. The summed E-state index contributed by atoms with van der Waals surface area (Å²) in [5, 5.41) is 9.61. The van der Waals surface area contributed by atoms with Crippen LogP contribution in [0, 0.1) is 0 Å². The van der Waals surface area contributed by atoms with Gasteiger partial charge in [-0.2, -0.15) is 0 Å². The van der Waals surface area contributed by atoms with Gasteiger partial charge in [0, 0.05) is 0 Å². The molecule has 94 valence electrons. The molecule has 0 atom stereocenters. The summed E-state index contributed by atoms with van der Waals surface area (Å²) in [5.41, 5.74) is -0.0393. The average Bonchev–Trinajstić information content (AvgIpc) is 2.65. The van der Waals surface area contributed by atoms with Crippen LogP contribution in [0.5, 0.6) is 5.88 Å². The number of hydrogen-bond acceptors (Lipinski definition) is 4. The second-order valence-corrected chi connectivity index (χ2v) is 3.50. The number of aromatic nitrogens is 2. The molecule has 1 aromatic heterocycles. The lowest BCUT2D eigenvalue weighted by molar-refractivity contribution is 0.145. The highest BCUT2D eigenvalue weighted by molar-refractivity contribution is 5.71. The second kappa shape index (κ2) is 4.79. The van der Waals surface area contributed by atoms with Crippen LogP contribution in [0.2, 0.25) is 0 Å². The molecule has 1 heterocycles. The summed E-state index contributed by atoms with van der Waals surface area (Å²) >= 11 is 0. The van der Waals surface area contributed by atoms with E-state index in [4.69, 9.17) is 4.74 Å². The van der Waals surface area contributed by atoms with E-state index >= 15 is 0 Å². The maximum atomic E-state index is 11.7. The Morgan fingerprint density at radius 2 is 2.00 bits per heavy atom. The Balaban J connectivity index is 2.61. The minimum Gasteiger partial charge on any atom is -0.493 e. The Bertz CT molecular complexity index is 613. The van der Waals surface area contributed by atoms with Crippen molar-refractivity contribution < 1.29 is 14.6 Å².